The maximum absolute atomic E-state index is 12.9. The molecule has 2 aromatic heterocycles. The molecule has 0 spiro atoms. The molecule has 9 heteroatoms. The first kappa shape index (κ1) is 20.4. The monoisotopic (exact) mass is 396 g/mol. The standard InChI is InChI=1S/C19H22N6O.CH2O2/c1-14-21-18(23-22-14)13-24-7-4-8-25(10-9-24)19(26)17-11-15-5-2-3-6-16(15)12-20-17;2-1-3/h2-3,5-6,11-12H,4,7-10,13H2,1H3,(H,21,22,23);1H,(H,2,3). The van der Waals surface area contributed by atoms with Gasteiger partial charge in [0.15, 0.2) is 5.82 Å². The van der Waals surface area contributed by atoms with Crippen LogP contribution in [0.4, 0.5) is 0 Å². The number of nitrogens with zero attached hydrogens (tertiary/aromatic N) is 5. The van der Waals surface area contributed by atoms with Crippen LogP contribution in [0.3, 0.4) is 0 Å². The first-order valence-corrected chi connectivity index (χ1v) is 9.43. The molecule has 1 amide bonds. The first-order chi connectivity index (χ1) is 14.1. The Morgan fingerprint density at radius 3 is 2.69 bits per heavy atom. The molecule has 0 radical (unpaired) electrons. The minimum atomic E-state index is -0.250. The van der Waals surface area contributed by atoms with Crippen molar-refractivity contribution >= 4 is 23.2 Å². The van der Waals surface area contributed by atoms with Crippen LogP contribution in [-0.2, 0) is 11.3 Å². The third-order valence-corrected chi connectivity index (χ3v) is 4.73. The molecule has 0 bridgehead atoms. The Kier molecular flexibility index (Phi) is 6.85. The van der Waals surface area contributed by atoms with Gasteiger partial charge in [0.1, 0.15) is 11.5 Å². The SMILES string of the molecule is Cc1nc(CN2CCCN(C(=O)c3cc4ccccc4cn3)CC2)n[nH]1.O=CO. The number of aromatic amines is 1. The third-order valence-electron chi connectivity index (χ3n) is 4.73. The van der Waals surface area contributed by atoms with Gasteiger partial charge in [-0.05, 0) is 24.8 Å². The van der Waals surface area contributed by atoms with Crippen LogP contribution in [0.2, 0.25) is 0 Å². The molecule has 152 valence electrons. The predicted octanol–water partition coefficient (Wildman–Crippen LogP) is 1.71. The van der Waals surface area contributed by atoms with Crippen LogP contribution in [0.5, 0.6) is 0 Å². The Morgan fingerprint density at radius 1 is 1.21 bits per heavy atom. The Hall–Kier alpha value is -3.33. The van der Waals surface area contributed by atoms with Crippen LogP contribution in [0, 0.1) is 6.92 Å². The van der Waals surface area contributed by atoms with Gasteiger partial charge in [0.2, 0.25) is 0 Å². The number of aromatic nitrogens is 4. The van der Waals surface area contributed by atoms with E-state index in [0.717, 1.165) is 48.5 Å². The quantitative estimate of drug-likeness (QED) is 0.648. The summed E-state index contributed by atoms with van der Waals surface area (Å²) in [6.45, 7) is 5.54. The molecule has 1 saturated heterocycles. The zero-order chi connectivity index (χ0) is 20.6. The molecule has 3 heterocycles. The number of rotatable bonds is 3. The first-order valence-electron chi connectivity index (χ1n) is 9.43. The van der Waals surface area contributed by atoms with Gasteiger partial charge in [0.25, 0.3) is 12.4 Å². The largest absolute Gasteiger partial charge is 0.483 e. The molecule has 1 aromatic carbocycles. The second kappa shape index (κ2) is 9.74. The van der Waals surface area contributed by atoms with Gasteiger partial charge < -0.3 is 10.0 Å². The van der Waals surface area contributed by atoms with Gasteiger partial charge in [-0.1, -0.05) is 24.3 Å². The second-order valence-electron chi connectivity index (χ2n) is 6.78. The highest BCUT2D eigenvalue weighted by atomic mass is 16.3. The van der Waals surface area contributed by atoms with E-state index in [0.29, 0.717) is 18.8 Å². The highest BCUT2D eigenvalue weighted by molar-refractivity contribution is 5.96. The van der Waals surface area contributed by atoms with Crippen LogP contribution >= 0.6 is 0 Å². The summed E-state index contributed by atoms with van der Waals surface area (Å²) in [4.78, 5) is 34.2. The fourth-order valence-corrected chi connectivity index (χ4v) is 3.35. The lowest BCUT2D eigenvalue weighted by Gasteiger charge is -2.21. The molecule has 0 saturated carbocycles. The summed E-state index contributed by atoms with van der Waals surface area (Å²) in [5, 5.41) is 16.1. The maximum atomic E-state index is 12.9. The van der Waals surface area contributed by atoms with E-state index < -0.39 is 0 Å². The zero-order valence-corrected chi connectivity index (χ0v) is 16.3. The third kappa shape index (κ3) is 5.35. The Labute approximate surface area is 168 Å². The van der Waals surface area contributed by atoms with Crippen molar-refractivity contribution in [3.8, 4) is 0 Å². The number of amides is 1. The predicted molar refractivity (Wildman–Crippen MR) is 107 cm³/mol. The van der Waals surface area contributed by atoms with E-state index in [2.05, 4.69) is 25.1 Å². The Bertz CT molecular complexity index is 974. The highest BCUT2D eigenvalue weighted by Crippen LogP contribution is 2.16. The number of carbonyl (C=O) groups excluding carboxylic acids is 1. The van der Waals surface area contributed by atoms with Crippen molar-refractivity contribution in [1.29, 1.82) is 0 Å². The molecule has 0 aliphatic carbocycles. The lowest BCUT2D eigenvalue weighted by Crippen LogP contribution is -2.35. The van der Waals surface area contributed by atoms with Gasteiger partial charge in [-0.3, -0.25) is 24.6 Å². The van der Waals surface area contributed by atoms with Crippen LogP contribution in [0.1, 0.15) is 28.6 Å². The average Bonchev–Trinajstić information content (AvgIpc) is 2.99. The van der Waals surface area contributed by atoms with E-state index in [1.807, 2.05) is 42.2 Å². The van der Waals surface area contributed by atoms with E-state index in [9.17, 15) is 4.79 Å². The summed E-state index contributed by atoms with van der Waals surface area (Å²) in [7, 11) is 0. The fourth-order valence-electron chi connectivity index (χ4n) is 3.35. The number of hydrogen-bond acceptors (Lipinski definition) is 6. The molecule has 1 aliphatic rings. The lowest BCUT2D eigenvalue weighted by molar-refractivity contribution is -0.122. The summed E-state index contributed by atoms with van der Waals surface area (Å²) in [5.74, 6) is 1.64. The van der Waals surface area contributed by atoms with Crippen molar-refractivity contribution in [2.24, 2.45) is 0 Å². The van der Waals surface area contributed by atoms with Crippen molar-refractivity contribution in [3.63, 3.8) is 0 Å². The van der Waals surface area contributed by atoms with E-state index in [-0.39, 0.29) is 12.4 Å². The molecular formula is C20H24N6O3. The van der Waals surface area contributed by atoms with Crippen molar-refractivity contribution in [3.05, 3.63) is 53.9 Å². The maximum Gasteiger partial charge on any atom is 0.290 e. The van der Waals surface area contributed by atoms with Crippen LogP contribution < -0.4 is 0 Å². The number of carbonyl (C=O) groups is 2. The number of H-pyrrole nitrogens is 1. The van der Waals surface area contributed by atoms with E-state index in [1.54, 1.807) is 6.20 Å². The molecule has 2 N–H and O–H groups in total. The summed E-state index contributed by atoms with van der Waals surface area (Å²) in [6.07, 6.45) is 2.71. The van der Waals surface area contributed by atoms with Gasteiger partial charge in [-0.25, -0.2) is 4.98 Å². The van der Waals surface area contributed by atoms with Crippen molar-refractivity contribution in [2.45, 2.75) is 19.9 Å². The Balaban J connectivity index is 0.000000755. The van der Waals surface area contributed by atoms with Crippen LogP contribution in [0.15, 0.2) is 36.5 Å². The van der Waals surface area contributed by atoms with E-state index in [1.165, 1.54) is 0 Å². The molecule has 0 atom stereocenters. The number of pyridine rings is 1. The van der Waals surface area contributed by atoms with Gasteiger partial charge in [0, 0.05) is 37.8 Å². The summed E-state index contributed by atoms with van der Waals surface area (Å²) in [6, 6.07) is 9.86. The lowest BCUT2D eigenvalue weighted by atomic mass is 10.1. The highest BCUT2D eigenvalue weighted by Gasteiger charge is 2.22. The summed E-state index contributed by atoms with van der Waals surface area (Å²) in [5.41, 5.74) is 0.516. The molecule has 3 aromatic rings. The Morgan fingerprint density at radius 2 is 1.97 bits per heavy atom. The number of fused-ring (bicyclic) bond motifs is 1. The van der Waals surface area contributed by atoms with E-state index in [4.69, 9.17) is 9.90 Å². The molecule has 4 rings (SSSR count). The van der Waals surface area contributed by atoms with Crippen LogP contribution in [0.25, 0.3) is 10.8 Å². The normalized spacial score (nSPS) is 14.7. The van der Waals surface area contributed by atoms with Crippen molar-refractivity contribution < 1.29 is 14.7 Å². The van der Waals surface area contributed by atoms with Gasteiger partial charge >= 0.3 is 0 Å². The minimum absolute atomic E-state index is 0.00587. The molecule has 29 heavy (non-hydrogen) atoms. The minimum Gasteiger partial charge on any atom is -0.483 e. The van der Waals surface area contributed by atoms with Gasteiger partial charge in [-0.15, -0.1) is 0 Å². The van der Waals surface area contributed by atoms with Crippen LogP contribution in [-0.4, -0.2) is 73.6 Å². The molecular weight excluding hydrogens is 372 g/mol. The summed E-state index contributed by atoms with van der Waals surface area (Å²) >= 11 is 0. The molecule has 9 nitrogen and oxygen atoms in total. The van der Waals surface area contributed by atoms with Crippen molar-refractivity contribution in [1.82, 2.24) is 30.0 Å². The number of benzene rings is 1. The number of hydrogen-bond donors (Lipinski definition) is 2. The molecule has 0 unspecified atom stereocenters. The zero-order valence-electron chi connectivity index (χ0n) is 16.3. The molecule has 1 fully saturated rings. The van der Waals surface area contributed by atoms with Gasteiger partial charge in [0.05, 0.1) is 6.54 Å². The molecule has 1 aliphatic heterocycles. The number of nitrogens with one attached hydrogen (secondary N) is 1. The van der Waals surface area contributed by atoms with Crippen molar-refractivity contribution in [2.75, 3.05) is 26.2 Å². The summed E-state index contributed by atoms with van der Waals surface area (Å²) < 4.78 is 0. The van der Waals surface area contributed by atoms with Gasteiger partial charge in [-0.2, -0.15) is 5.10 Å². The fraction of sp³-hybridized carbons (Fsp3) is 0.350. The topological polar surface area (TPSA) is 115 Å². The second-order valence-corrected chi connectivity index (χ2v) is 6.78. The van der Waals surface area contributed by atoms with E-state index >= 15 is 0 Å². The number of aryl methyl sites for hydroxylation is 1. The smallest absolute Gasteiger partial charge is 0.290 e. The average molecular weight is 396 g/mol. The number of carboxylic acid groups (broad SMARTS) is 1.